The first-order chi connectivity index (χ1) is 13.4. The average Bonchev–Trinajstić information content (AvgIpc) is 3.24. The van der Waals surface area contributed by atoms with Crippen molar-refractivity contribution in [1.82, 2.24) is 24.9 Å². The van der Waals surface area contributed by atoms with E-state index in [-0.39, 0.29) is 31.1 Å². The van der Waals surface area contributed by atoms with Crippen molar-refractivity contribution in [2.45, 2.75) is 44.1 Å². The lowest BCUT2D eigenvalue weighted by Gasteiger charge is -2.08. The second-order valence-electron chi connectivity index (χ2n) is 6.69. The van der Waals surface area contributed by atoms with Gasteiger partial charge in [0.25, 0.3) is 5.91 Å². The lowest BCUT2D eigenvalue weighted by molar-refractivity contribution is -0.142. The Hall–Kier alpha value is -2.24. The highest BCUT2D eigenvalue weighted by Crippen LogP contribution is 2.46. The third-order valence-electron chi connectivity index (χ3n) is 4.40. The summed E-state index contributed by atoms with van der Waals surface area (Å²) in [6.45, 7) is 0.0927. The average molecular weight is 444 g/mol. The Morgan fingerprint density at radius 1 is 1.21 bits per heavy atom. The number of nitrogens with zero attached hydrogens (tertiary/aromatic N) is 4. The van der Waals surface area contributed by atoms with Gasteiger partial charge in [-0.15, -0.1) is 0 Å². The van der Waals surface area contributed by atoms with Gasteiger partial charge in [-0.05, 0) is 19.3 Å². The number of alkyl halides is 6. The molecule has 1 aliphatic rings. The van der Waals surface area contributed by atoms with Gasteiger partial charge in [0.05, 0.1) is 10.7 Å². The van der Waals surface area contributed by atoms with Gasteiger partial charge in [0, 0.05) is 32.1 Å². The number of hydrogen-bond donors (Lipinski definition) is 1. The first-order valence-corrected chi connectivity index (χ1v) is 9.00. The molecule has 3 rings (SSSR count). The van der Waals surface area contributed by atoms with E-state index in [0.29, 0.717) is 11.8 Å². The van der Waals surface area contributed by atoms with Crippen LogP contribution >= 0.6 is 11.6 Å². The van der Waals surface area contributed by atoms with Gasteiger partial charge in [-0.1, -0.05) is 11.6 Å². The number of amides is 1. The standard InChI is InChI=1S/C16H16ClF6N5O/c1-27-9(7-10(25-27)15(18,19)20)14(29)24-5-2-6-28-12(8-3-4-8)11(17)13(26-28)16(21,22)23/h7-8H,2-6H2,1H3,(H,24,29). The maximum Gasteiger partial charge on any atom is 0.436 e. The number of nitrogens with one attached hydrogen (secondary N) is 1. The second kappa shape index (κ2) is 7.54. The van der Waals surface area contributed by atoms with Gasteiger partial charge in [0.2, 0.25) is 0 Å². The SMILES string of the molecule is Cn1nc(C(F)(F)F)cc1C(=O)NCCCn1nc(C(F)(F)F)c(Cl)c1C1CC1. The molecule has 29 heavy (non-hydrogen) atoms. The molecule has 0 unspecified atom stereocenters. The molecule has 2 aromatic rings. The fourth-order valence-electron chi connectivity index (χ4n) is 2.89. The molecule has 6 nitrogen and oxygen atoms in total. The summed E-state index contributed by atoms with van der Waals surface area (Å²) in [4.78, 5) is 12.1. The van der Waals surface area contributed by atoms with Crippen LogP contribution in [-0.2, 0) is 25.9 Å². The van der Waals surface area contributed by atoms with Crippen LogP contribution in [0.3, 0.4) is 0 Å². The quantitative estimate of drug-likeness (QED) is 0.542. The monoisotopic (exact) mass is 443 g/mol. The highest BCUT2D eigenvalue weighted by molar-refractivity contribution is 6.32. The fraction of sp³-hybridized carbons (Fsp3) is 0.562. The van der Waals surface area contributed by atoms with Crippen LogP contribution in [0, 0.1) is 0 Å². The second-order valence-corrected chi connectivity index (χ2v) is 7.07. The van der Waals surface area contributed by atoms with Gasteiger partial charge in [-0.3, -0.25) is 14.2 Å². The minimum Gasteiger partial charge on any atom is -0.351 e. The number of halogens is 7. The Morgan fingerprint density at radius 2 is 1.86 bits per heavy atom. The molecule has 0 bridgehead atoms. The minimum absolute atomic E-state index is 0.0221. The van der Waals surface area contributed by atoms with E-state index in [0.717, 1.165) is 17.5 Å². The van der Waals surface area contributed by atoms with Gasteiger partial charge in [-0.25, -0.2) is 0 Å². The van der Waals surface area contributed by atoms with Crippen LogP contribution < -0.4 is 5.32 Å². The molecule has 0 aliphatic heterocycles. The van der Waals surface area contributed by atoms with Crippen molar-refractivity contribution < 1.29 is 31.1 Å². The molecular formula is C16H16ClF6N5O. The van der Waals surface area contributed by atoms with E-state index in [2.05, 4.69) is 15.5 Å². The summed E-state index contributed by atoms with van der Waals surface area (Å²) in [7, 11) is 1.20. The predicted octanol–water partition coefficient (Wildman–Crippen LogP) is 4.01. The van der Waals surface area contributed by atoms with Crippen molar-refractivity contribution in [1.29, 1.82) is 0 Å². The molecule has 0 spiro atoms. The summed E-state index contributed by atoms with van der Waals surface area (Å²) in [5.74, 6) is -0.844. The molecule has 0 aromatic carbocycles. The molecule has 2 aromatic heterocycles. The molecule has 1 N–H and O–H groups in total. The normalized spacial score (nSPS) is 15.0. The zero-order chi connectivity index (χ0) is 21.6. The summed E-state index contributed by atoms with van der Waals surface area (Å²) in [6, 6.07) is 0.628. The number of carbonyl (C=O) groups is 1. The lowest BCUT2D eigenvalue weighted by Crippen LogP contribution is -2.27. The van der Waals surface area contributed by atoms with Crippen LogP contribution in [0.2, 0.25) is 5.02 Å². The molecule has 160 valence electrons. The summed E-state index contributed by atoms with van der Waals surface area (Å²) >= 11 is 5.87. The van der Waals surface area contributed by atoms with E-state index in [1.165, 1.54) is 11.7 Å². The van der Waals surface area contributed by atoms with Crippen LogP contribution in [0.25, 0.3) is 0 Å². The van der Waals surface area contributed by atoms with E-state index in [4.69, 9.17) is 11.6 Å². The number of rotatable bonds is 6. The third-order valence-corrected chi connectivity index (χ3v) is 4.77. The van der Waals surface area contributed by atoms with E-state index >= 15 is 0 Å². The van der Waals surface area contributed by atoms with Gasteiger partial charge < -0.3 is 5.32 Å². The highest BCUT2D eigenvalue weighted by atomic mass is 35.5. The Kier molecular flexibility index (Phi) is 5.58. The van der Waals surface area contributed by atoms with E-state index in [1.807, 2.05) is 0 Å². The van der Waals surface area contributed by atoms with Crippen LogP contribution in [0.1, 0.15) is 52.8 Å². The van der Waals surface area contributed by atoms with Crippen molar-refractivity contribution in [2.24, 2.45) is 7.05 Å². The number of hydrogen-bond acceptors (Lipinski definition) is 3. The Bertz CT molecular complexity index is 912. The van der Waals surface area contributed by atoms with Gasteiger partial charge in [-0.2, -0.15) is 36.5 Å². The van der Waals surface area contributed by atoms with Crippen LogP contribution in [-0.4, -0.2) is 32.0 Å². The van der Waals surface area contributed by atoms with Gasteiger partial charge in [0.15, 0.2) is 11.4 Å². The third kappa shape index (κ3) is 4.68. The summed E-state index contributed by atoms with van der Waals surface area (Å²) in [5, 5.41) is 8.84. The molecule has 2 heterocycles. The number of carbonyl (C=O) groups excluding carboxylic acids is 1. The van der Waals surface area contributed by atoms with Crippen molar-refractivity contribution in [3.05, 3.63) is 33.9 Å². The molecule has 0 radical (unpaired) electrons. The summed E-state index contributed by atoms with van der Waals surface area (Å²) < 4.78 is 79.1. The molecule has 1 aliphatic carbocycles. The van der Waals surface area contributed by atoms with Gasteiger partial charge >= 0.3 is 12.4 Å². The molecule has 13 heteroatoms. The molecule has 0 atom stereocenters. The molecule has 1 fully saturated rings. The van der Waals surface area contributed by atoms with Crippen LogP contribution in [0.5, 0.6) is 0 Å². The fourth-order valence-corrected chi connectivity index (χ4v) is 3.29. The van der Waals surface area contributed by atoms with Crippen molar-refractivity contribution in [2.75, 3.05) is 6.54 Å². The van der Waals surface area contributed by atoms with Crippen molar-refractivity contribution in [3.8, 4) is 0 Å². The topological polar surface area (TPSA) is 64.7 Å². The first-order valence-electron chi connectivity index (χ1n) is 8.62. The van der Waals surface area contributed by atoms with Crippen LogP contribution in [0.4, 0.5) is 26.3 Å². The minimum atomic E-state index is -4.68. The molecule has 1 amide bonds. The Balaban J connectivity index is 1.61. The number of aryl methyl sites for hydroxylation is 2. The largest absolute Gasteiger partial charge is 0.436 e. The molecule has 1 saturated carbocycles. The molecular weight excluding hydrogens is 428 g/mol. The van der Waals surface area contributed by atoms with E-state index < -0.39 is 34.7 Å². The summed E-state index contributed by atoms with van der Waals surface area (Å²) in [5.41, 5.74) is -2.28. The smallest absolute Gasteiger partial charge is 0.351 e. The zero-order valence-corrected chi connectivity index (χ0v) is 15.8. The zero-order valence-electron chi connectivity index (χ0n) is 15.0. The number of aromatic nitrogens is 4. The Labute approximate surface area is 165 Å². The van der Waals surface area contributed by atoms with Crippen LogP contribution in [0.15, 0.2) is 6.07 Å². The maximum absolute atomic E-state index is 13.0. The Morgan fingerprint density at radius 3 is 2.38 bits per heavy atom. The van der Waals surface area contributed by atoms with E-state index in [1.54, 1.807) is 0 Å². The van der Waals surface area contributed by atoms with Crippen molar-refractivity contribution in [3.63, 3.8) is 0 Å². The highest BCUT2D eigenvalue weighted by Gasteiger charge is 2.42. The first kappa shape index (κ1) is 21.5. The van der Waals surface area contributed by atoms with Crippen molar-refractivity contribution >= 4 is 17.5 Å². The maximum atomic E-state index is 13.0. The molecule has 0 saturated heterocycles. The van der Waals surface area contributed by atoms with E-state index in [9.17, 15) is 31.1 Å². The predicted molar refractivity (Wildman–Crippen MR) is 89.4 cm³/mol. The van der Waals surface area contributed by atoms with Gasteiger partial charge in [0.1, 0.15) is 5.69 Å². The lowest BCUT2D eigenvalue weighted by atomic mass is 10.2. The summed E-state index contributed by atoms with van der Waals surface area (Å²) in [6.07, 6.45) is -7.69.